The maximum atomic E-state index is 11.3. The van der Waals surface area contributed by atoms with Crippen LogP contribution in [0.3, 0.4) is 0 Å². The van der Waals surface area contributed by atoms with Crippen LogP contribution < -0.4 is 4.90 Å². The third-order valence-electron chi connectivity index (χ3n) is 4.56. The van der Waals surface area contributed by atoms with E-state index in [1.807, 2.05) is 18.2 Å². The molecular formula is C18H21ClN4O3. The lowest BCUT2D eigenvalue weighted by Gasteiger charge is -2.29. The Balaban J connectivity index is 1.68. The number of anilines is 1. The van der Waals surface area contributed by atoms with Crippen LogP contribution in [0.5, 0.6) is 0 Å². The number of β-amino-alcohol motifs (C(OH)–C–C–N with tert-alkyl or cyclic N) is 1. The molecule has 2 heterocycles. The molecule has 0 saturated carbocycles. The Morgan fingerprint density at radius 1 is 1.42 bits per heavy atom. The normalized spacial score (nSPS) is 20.3. The van der Waals surface area contributed by atoms with E-state index in [1.54, 1.807) is 11.9 Å². The number of benzene rings is 1. The van der Waals surface area contributed by atoms with Crippen LogP contribution in [0.2, 0.25) is 5.02 Å². The first-order chi connectivity index (χ1) is 12.4. The van der Waals surface area contributed by atoms with Gasteiger partial charge in [0, 0.05) is 45.5 Å². The van der Waals surface area contributed by atoms with Gasteiger partial charge in [0.15, 0.2) is 0 Å². The summed E-state index contributed by atoms with van der Waals surface area (Å²) in [4.78, 5) is 18.7. The molecule has 0 radical (unpaired) electrons. The zero-order chi connectivity index (χ0) is 18.7. The average Bonchev–Trinajstić information content (AvgIpc) is 2.95. The van der Waals surface area contributed by atoms with Gasteiger partial charge in [-0.05, 0) is 12.0 Å². The van der Waals surface area contributed by atoms with Crippen molar-refractivity contribution in [2.24, 2.45) is 0 Å². The molecule has 26 heavy (non-hydrogen) atoms. The smallest absolute Gasteiger partial charge is 0.313 e. The van der Waals surface area contributed by atoms with Gasteiger partial charge in [0.25, 0.3) is 0 Å². The highest BCUT2D eigenvalue weighted by molar-refractivity contribution is 6.30. The third kappa shape index (κ3) is 4.30. The molecule has 1 N–H and O–H groups in total. The molecule has 0 spiro atoms. The number of halogens is 1. The molecule has 8 heteroatoms. The van der Waals surface area contributed by atoms with E-state index in [0.717, 1.165) is 13.1 Å². The van der Waals surface area contributed by atoms with Gasteiger partial charge in [-0.3, -0.25) is 15.0 Å². The number of nitro groups is 1. The summed E-state index contributed by atoms with van der Waals surface area (Å²) in [5.41, 5.74) is 0.0847. The van der Waals surface area contributed by atoms with Gasteiger partial charge in [-0.2, -0.15) is 0 Å². The van der Waals surface area contributed by atoms with Gasteiger partial charge in [0.2, 0.25) is 5.82 Å². The van der Waals surface area contributed by atoms with Crippen molar-refractivity contribution < 1.29 is 10.0 Å². The summed E-state index contributed by atoms with van der Waals surface area (Å²) in [5.74, 6) is 0.203. The topological polar surface area (TPSA) is 82.7 Å². The number of likely N-dealkylation sites (tertiary alicyclic amines) is 1. The predicted octanol–water partition coefficient (Wildman–Crippen LogP) is 2.72. The summed E-state index contributed by atoms with van der Waals surface area (Å²) in [5, 5.41) is 22.4. The SMILES string of the molecule is CN(CC1(O)CCN(Cc2ccccc2)C1)c1ncc(Cl)cc1[N+](=O)[O-]. The fraction of sp³-hybridized carbons (Fsp3) is 0.389. The van der Waals surface area contributed by atoms with Gasteiger partial charge >= 0.3 is 5.69 Å². The van der Waals surface area contributed by atoms with E-state index in [1.165, 1.54) is 17.8 Å². The number of hydrogen-bond donors (Lipinski definition) is 1. The first-order valence-corrected chi connectivity index (χ1v) is 8.74. The molecule has 0 amide bonds. The molecule has 0 bridgehead atoms. The fourth-order valence-electron chi connectivity index (χ4n) is 3.41. The van der Waals surface area contributed by atoms with Crippen LogP contribution >= 0.6 is 11.6 Å². The van der Waals surface area contributed by atoms with Crippen molar-refractivity contribution in [1.29, 1.82) is 0 Å². The van der Waals surface area contributed by atoms with E-state index in [2.05, 4.69) is 22.0 Å². The third-order valence-corrected chi connectivity index (χ3v) is 4.77. The van der Waals surface area contributed by atoms with Crippen LogP contribution in [0.4, 0.5) is 11.5 Å². The molecule has 1 aromatic heterocycles. The average molecular weight is 377 g/mol. The van der Waals surface area contributed by atoms with Gasteiger partial charge in [-0.15, -0.1) is 0 Å². The quantitative estimate of drug-likeness (QED) is 0.616. The van der Waals surface area contributed by atoms with Gasteiger partial charge in [-0.25, -0.2) is 4.98 Å². The lowest BCUT2D eigenvalue weighted by molar-refractivity contribution is -0.384. The maximum Gasteiger partial charge on any atom is 0.313 e. The Labute approximate surface area is 157 Å². The first-order valence-electron chi connectivity index (χ1n) is 8.36. The molecule has 1 unspecified atom stereocenters. The van der Waals surface area contributed by atoms with Crippen molar-refractivity contribution in [2.45, 2.75) is 18.6 Å². The highest BCUT2D eigenvalue weighted by Gasteiger charge is 2.38. The highest BCUT2D eigenvalue weighted by atomic mass is 35.5. The van der Waals surface area contributed by atoms with Crippen LogP contribution in [0.25, 0.3) is 0 Å². The lowest BCUT2D eigenvalue weighted by Crippen LogP contribution is -2.44. The zero-order valence-electron chi connectivity index (χ0n) is 14.5. The van der Waals surface area contributed by atoms with Crippen LogP contribution in [0.15, 0.2) is 42.6 Å². The van der Waals surface area contributed by atoms with Crippen LogP contribution in [-0.4, -0.2) is 52.2 Å². The number of hydrogen-bond acceptors (Lipinski definition) is 6. The summed E-state index contributed by atoms with van der Waals surface area (Å²) in [6, 6.07) is 11.4. The molecular weight excluding hydrogens is 356 g/mol. The van der Waals surface area contributed by atoms with Crippen molar-refractivity contribution in [2.75, 3.05) is 31.6 Å². The van der Waals surface area contributed by atoms with Crippen molar-refractivity contribution in [3.63, 3.8) is 0 Å². The van der Waals surface area contributed by atoms with E-state index in [-0.39, 0.29) is 23.1 Å². The summed E-state index contributed by atoms with van der Waals surface area (Å²) < 4.78 is 0. The summed E-state index contributed by atoms with van der Waals surface area (Å²) in [6.07, 6.45) is 1.98. The maximum absolute atomic E-state index is 11.3. The molecule has 1 atom stereocenters. The van der Waals surface area contributed by atoms with E-state index < -0.39 is 10.5 Å². The molecule has 1 aliphatic rings. The van der Waals surface area contributed by atoms with E-state index >= 15 is 0 Å². The largest absolute Gasteiger partial charge is 0.387 e. The summed E-state index contributed by atoms with van der Waals surface area (Å²) in [7, 11) is 1.70. The molecule has 1 aliphatic heterocycles. The van der Waals surface area contributed by atoms with Crippen LogP contribution in [0, 0.1) is 10.1 Å². The van der Waals surface area contributed by atoms with Gasteiger partial charge in [0.05, 0.1) is 15.5 Å². The molecule has 138 valence electrons. The van der Waals surface area contributed by atoms with Crippen molar-refractivity contribution >= 4 is 23.1 Å². The second-order valence-corrected chi connectivity index (χ2v) is 7.22. The minimum Gasteiger partial charge on any atom is -0.387 e. The summed E-state index contributed by atoms with van der Waals surface area (Å²) in [6.45, 7) is 2.31. The number of likely N-dealkylation sites (N-methyl/N-ethyl adjacent to an activating group) is 1. The zero-order valence-corrected chi connectivity index (χ0v) is 15.3. The van der Waals surface area contributed by atoms with E-state index in [9.17, 15) is 15.2 Å². The number of aromatic nitrogens is 1. The number of pyridine rings is 1. The van der Waals surface area contributed by atoms with Crippen LogP contribution in [-0.2, 0) is 6.54 Å². The molecule has 1 saturated heterocycles. The Morgan fingerprint density at radius 3 is 2.85 bits per heavy atom. The molecule has 0 aliphatic carbocycles. The fourth-order valence-corrected chi connectivity index (χ4v) is 3.56. The highest BCUT2D eigenvalue weighted by Crippen LogP contribution is 2.30. The van der Waals surface area contributed by atoms with Gasteiger partial charge in [0.1, 0.15) is 0 Å². The Bertz CT molecular complexity index is 789. The number of rotatable bonds is 6. The second kappa shape index (κ2) is 7.57. The standard InChI is InChI=1S/C18H21ClN4O3/c1-21(17-16(23(25)26)9-15(19)10-20-17)12-18(24)7-8-22(13-18)11-14-5-3-2-4-6-14/h2-6,9-10,24H,7-8,11-13H2,1H3. The minimum atomic E-state index is -0.946. The second-order valence-electron chi connectivity index (χ2n) is 6.78. The minimum absolute atomic E-state index is 0.164. The molecule has 1 fully saturated rings. The molecule has 2 aromatic rings. The van der Waals surface area contributed by atoms with Crippen molar-refractivity contribution in [3.8, 4) is 0 Å². The lowest BCUT2D eigenvalue weighted by atomic mass is 10.0. The van der Waals surface area contributed by atoms with E-state index in [0.29, 0.717) is 13.0 Å². The van der Waals surface area contributed by atoms with Crippen molar-refractivity contribution in [1.82, 2.24) is 9.88 Å². The van der Waals surface area contributed by atoms with Gasteiger partial charge < -0.3 is 10.0 Å². The van der Waals surface area contributed by atoms with E-state index in [4.69, 9.17) is 11.6 Å². The Morgan fingerprint density at radius 2 is 2.15 bits per heavy atom. The Kier molecular flexibility index (Phi) is 5.41. The predicted molar refractivity (Wildman–Crippen MR) is 100 cm³/mol. The first kappa shape index (κ1) is 18.6. The summed E-state index contributed by atoms with van der Waals surface area (Å²) >= 11 is 5.82. The van der Waals surface area contributed by atoms with Crippen molar-refractivity contribution in [3.05, 3.63) is 63.3 Å². The number of nitrogens with zero attached hydrogens (tertiary/aromatic N) is 4. The monoisotopic (exact) mass is 376 g/mol. The Hall–Kier alpha value is -2.22. The molecule has 7 nitrogen and oxygen atoms in total. The number of aliphatic hydroxyl groups is 1. The van der Waals surface area contributed by atoms with Crippen LogP contribution in [0.1, 0.15) is 12.0 Å². The molecule has 3 rings (SSSR count). The molecule has 1 aromatic carbocycles. The van der Waals surface area contributed by atoms with Gasteiger partial charge in [-0.1, -0.05) is 41.9 Å².